The minimum absolute atomic E-state index is 0.0275. The predicted molar refractivity (Wildman–Crippen MR) is 88.8 cm³/mol. The molecule has 0 fully saturated rings. The standard InChI is InChI=1S/C18H31NO2/c1-13(2)12-21-17-7-6-14(8-15(10-19)11-20)9-16(17)18(3,4)5/h6-7,9,13,15,20H,8,10-12,19H2,1-5H3. The molecule has 0 saturated carbocycles. The first kappa shape index (κ1) is 18.0. The van der Waals surface area contributed by atoms with Gasteiger partial charge in [0.1, 0.15) is 5.75 Å². The highest BCUT2D eigenvalue weighted by Gasteiger charge is 2.20. The molecule has 0 bridgehead atoms. The number of nitrogens with two attached hydrogens (primary N) is 1. The summed E-state index contributed by atoms with van der Waals surface area (Å²) in [6, 6.07) is 6.35. The van der Waals surface area contributed by atoms with Crippen LogP contribution in [-0.4, -0.2) is 24.9 Å². The highest BCUT2D eigenvalue weighted by Crippen LogP contribution is 2.33. The molecule has 3 heteroatoms. The summed E-state index contributed by atoms with van der Waals surface area (Å²) < 4.78 is 5.96. The summed E-state index contributed by atoms with van der Waals surface area (Å²) in [4.78, 5) is 0. The van der Waals surface area contributed by atoms with E-state index in [0.717, 1.165) is 18.8 Å². The van der Waals surface area contributed by atoms with E-state index >= 15 is 0 Å². The third-order valence-corrected chi connectivity index (χ3v) is 3.54. The van der Waals surface area contributed by atoms with Crippen LogP contribution < -0.4 is 10.5 Å². The van der Waals surface area contributed by atoms with Crippen LogP contribution in [0.2, 0.25) is 0 Å². The molecule has 21 heavy (non-hydrogen) atoms. The van der Waals surface area contributed by atoms with Crippen LogP contribution in [0.4, 0.5) is 0 Å². The van der Waals surface area contributed by atoms with Crippen molar-refractivity contribution < 1.29 is 9.84 Å². The molecule has 3 nitrogen and oxygen atoms in total. The second-order valence-corrected chi connectivity index (χ2v) is 7.27. The van der Waals surface area contributed by atoms with Gasteiger partial charge in [0.2, 0.25) is 0 Å². The Hall–Kier alpha value is -1.06. The smallest absolute Gasteiger partial charge is 0.123 e. The number of ether oxygens (including phenoxy) is 1. The molecule has 120 valence electrons. The minimum Gasteiger partial charge on any atom is -0.493 e. The fraction of sp³-hybridized carbons (Fsp3) is 0.667. The van der Waals surface area contributed by atoms with Crippen molar-refractivity contribution in [1.82, 2.24) is 0 Å². The van der Waals surface area contributed by atoms with E-state index in [-0.39, 0.29) is 17.9 Å². The number of hydrogen-bond donors (Lipinski definition) is 2. The van der Waals surface area contributed by atoms with Crippen molar-refractivity contribution in [3.8, 4) is 5.75 Å². The Bertz CT molecular complexity index is 431. The molecule has 3 N–H and O–H groups in total. The van der Waals surface area contributed by atoms with Gasteiger partial charge in [0.05, 0.1) is 6.61 Å². The summed E-state index contributed by atoms with van der Waals surface area (Å²) in [5.41, 5.74) is 8.14. The summed E-state index contributed by atoms with van der Waals surface area (Å²) in [6.45, 7) is 12.3. The van der Waals surface area contributed by atoms with E-state index < -0.39 is 0 Å². The van der Waals surface area contributed by atoms with Gasteiger partial charge in [0, 0.05) is 6.61 Å². The third kappa shape index (κ3) is 5.68. The van der Waals surface area contributed by atoms with Gasteiger partial charge in [-0.1, -0.05) is 46.8 Å². The molecule has 1 atom stereocenters. The minimum atomic E-state index is 0.0275. The summed E-state index contributed by atoms with van der Waals surface area (Å²) in [6.07, 6.45) is 0.806. The average molecular weight is 293 g/mol. The van der Waals surface area contributed by atoms with Gasteiger partial charge in [0.15, 0.2) is 0 Å². The van der Waals surface area contributed by atoms with Crippen LogP contribution in [0.1, 0.15) is 45.7 Å². The van der Waals surface area contributed by atoms with Crippen LogP contribution in [0.15, 0.2) is 18.2 Å². The molecular formula is C18H31NO2. The highest BCUT2D eigenvalue weighted by molar-refractivity contribution is 5.41. The molecule has 0 radical (unpaired) electrons. The molecule has 1 unspecified atom stereocenters. The number of aliphatic hydroxyl groups excluding tert-OH is 1. The maximum absolute atomic E-state index is 9.31. The zero-order chi connectivity index (χ0) is 16.0. The van der Waals surface area contributed by atoms with Crippen molar-refractivity contribution in [1.29, 1.82) is 0 Å². The predicted octanol–water partition coefficient (Wildman–Crippen LogP) is 3.13. The van der Waals surface area contributed by atoms with Crippen LogP contribution in [0.3, 0.4) is 0 Å². The normalized spacial score (nSPS) is 13.5. The van der Waals surface area contributed by atoms with Crippen molar-refractivity contribution in [2.24, 2.45) is 17.6 Å². The zero-order valence-corrected chi connectivity index (χ0v) is 14.1. The van der Waals surface area contributed by atoms with Crippen molar-refractivity contribution in [2.45, 2.75) is 46.5 Å². The molecule has 0 saturated heterocycles. The highest BCUT2D eigenvalue weighted by atomic mass is 16.5. The van der Waals surface area contributed by atoms with Crippen LogP contribution in [-0.2, 0) is 11.8 Å². The summed E-state index contributed by atoms with van der Waals surface area (Å²) >= 11 is 0. The molecule has 1 aromatic carbocycles. The van der Waals surface area contributed by atoms with Crippen molar-refractivity contribution in [3.63, 3.8) is 0 Å². The largest absolute Gasteiger partial charge is 0.493 e. The van der Waals surface area contributed by atoms with Crippen LogP contribution in [0.5, 0.6) is 5.75 Å². The summed E-state index contributed by atoms with van der Waals surface area (Å²) in [5, 5.41) is 9.31. The molecule has 0 aromatic heterocycles. The molecule has 0 aliphatic carbocycles. The Kier molecular flexibility index (Phi) is 6.69. The monoisotopic (exact) mass is 293 g/mol. The molecule has 0 aliphatic heterocycles. The van der Waals surface area contributed by atoms with Crippen molar-refractivity contribution in [2.75, 3.05) is 19.8 Å². The summed E-state index contributed by atoms with van der Waals surface area (Å²) in [5.74, 6) is 1.60. The summed E-state index contributed by atoms with van der Waals surface area (Å²) in [7, 11) is 0. The van der Waals surface area contributed by atoms with E-state index in [1.54, 1.807) is 0 Å². The lowest BCUT2D eigenvalue weighted by atomic mass is 9.84. The topological polar surface area (TPSA) is 55.5 Å². The van der Waals surface area contributed by atoms with Gasteiger partial charge >= 0.3 is 0 Å². The van der Waals surface area contributed by atoms with E-state index in [1.807, 2.05) is 0 Å². The molecule has 1 rings (SSSR count). The van der Waals surface area contributed by atoms with Gasteiger partial charge in [-0.05, 0) is 47.4 Å². The Labute approximate surface area is 129 Å². The van der Waals surface area contributed by atoms with Gasteiger partial charge in [-0.15, -0.1) is 0 Å². The van der Waals surface area contributed by atoms with Crippen molar-refractivity contribution >= 4 is 0 Å². The quantitative estimate of drug-likeness (QED) is 0.812. The average Bonchev–Trinajstić information content (AvgIpc) is 2.41. The Morgan fingerprint density at radius 1 is 1.24 bits per heavy atom. The van der Waals surface area contributed by atoms with E-state index in [4.69, 9.17) is 10.5 Å². The van der Waals surface area contributed by atoms with E-state index in [1.165, 1.54) is 11.1 Å². The zero-order valence-electron chi connectivity index (χ0n) is 14.1. The first-order valence-electron chi connectivity index (χ1n) is 7.85. The second-order valence-electron chi connectivity index (χ2n) is 7.27. The first-order valence-corrected chi connectivity index (χ1v) is 7.85. The van der Waals surface area contributed by atoms with Gasteiger partial charge < -0.3 is 15.6 Å². The van der Waals surface area contributed by atoms with E-state index in [9.17, 15) is 5.11 Å². The fourth-order valence-corrected chi connectivity index (χ4v) is 2.23. The van der Waals surface area contributed by atoms with E-state index in [0.29, 0.717) is 12.5 Å². The molecule has 0 amide bonds. The second kappa shape index (κ2) is 7.81. The SMILES string of the molecule is CC(C)COc1ccc(CC(CN)CO)cc1C(C)(C)C. The Morgan fingerprint density at radius 3 is 2.38 bits per heavy atom. The maximum Gasteiger partial charge on any atom is 0.123 e. The van der Waals surface area contributed by atoms with Gasteiger partial charge in [-0.25, -0.2) is 0 Å². The number of aliphatic hydroxyl groups is 1. The number of hydrogen-bond acceptors (Lipinski definition) is 3. The van der Waals surface area contributed by atoms with Gasteiger partial charge in [-0.3, -0.25) is 0 Å². The lowest BCUT2D eigenvalue weighted by Gasteiger charge is -2.25. The first-order chi connectivity index (χ1) is 9.77. The van der Waals surface area contributed by atoms with Crippen molar-refractivity contribution in [3.05, 3.63) is 29.3 Å². The van der Waals surface area contributed by atoms with Gasteiger partial charge in [-0.2, -0.15) is 0 Å². The third-order valence-electron chi connectivity index (χ3n) is 3.54. The van der Waals surface area contributed by atoms with Crippen LogP contribution in [0.25, 0.3) is 0 Å². The Balaban J connectivity index is 3.01. The maximum atomic E-state index is 9.31. The molecule has 0 aliphatic rings. The molecule has 0 heterocycles. The van der Waals surface area contributed by atoms with Gasteiger partial charge in [0.25, 0.3) is 0 Å². The lowest BCUT2D eigenvalue weighted by Crippen LogP contribution is -2.21. The van der Waals surface area contributed by atoms with E-state index in [2.05, 4.69) is 52.8 Å². The fourth-order valence-electron chi connectivity index (χ4n) is 2.23. The number of benzene rings is 1. The van der Waals surface area contributed by atoms with Crippen LogP contribution in [0, 0.1) is 11.8 Å². The van der Waals surface area contributed by atoms with Crippen LogP contribution >= 0.6 is 0 Å². The Morgan fingerprint density at radius 2 is 1.90 bits per heavy atom. The molecule has 1 aromatic rings. The number of rotatable bonds is 7. The molecule has 0 spiro atoms. The molecular weight excluding hydrogens is 262 g/mol. The lowest BCUT2D eigenvalue weighted by molar-refractivity contribution is 0.229.